The number of carbonyl (C=O) groups is 7. The number of hydrogen-bond acceptors (Lipinski definition) is 26. The Hall–Kier alpha value is -6.67. The maximum absolute atomic E-state index is 16.5. The molecule has 5 fully saturated rings. The third-order valence-electron chi connectivity index (χ3n) is 18.0. The van der Waals surface area contributed by atoms with Gasteiger partial charge in [-0.15, -0.1) is 0 Å². The van der Waals surface area contributed by atoms with E-state index in [-0.39, 0.29) is 27.8 Å². The maximum atomic E-state index is 16.5. The van der Waals surface area contributed by atoms with Gasteiger partial charge in [0.2, 0.25) is 0 Å². The summed E-state index contributed by atoms with van der Waals surface area (Å²) in [5, 5.41) is 103. The zero-order valence-electron chi connectivity index (χ0n) is 48.8. The first kappa shape index (κ1) is 65.8. The zero-order chi connectivity index (χ0) is 63.9. The van der Waals surface area contributed by atoms with Crippen LogP contribution in [-0.4, -0.2) is 223 Å². The van der Waals surface area contributed by atoms with Crippen molar-refractivity contribution in [1.82, 2.24) is 5.32 Å². The third kappa shape index (κ3) is 12.0. The molecular formula is C61H73NO26. The van der Waals surface area contributed by atoms with Crippen LogP contribution in [0.5, 0.6) is 0 Å². The number of esters is 5. The Labute approximate surface area is 503 Å². The lowest BCUT2D eigenvalue weighted by Crippen LogP contribution is -2.82. The van der Waals surface area contributed by atoms with E-state index in [2.05, 4.69) is 5.32 Å². The number of aliphatic hydroxyl groups excluding tert-OH is 8. The summed E-state index contributed by atoms with van der Waals surface area (Å²) >= 11 is 0. The normalized spacial score (nSPS) is 36.5. The van der Waals surface area contributed by atoms with Crippen LogP contribution in [0.25, 0.3) is 0 Å². The van der Waals surface area contributed by atoms with E-state index in [4.69, 9.17) is 47.4 Å². The molecule has 2 bridgehead atoms. The number of rotatable bonds is 18. The van der Waals surface area contributed by atoms with E-state index in [0.717, 1.165) is 13.8 Å². The highest BCUT2D eigenvalue weighted by Gasteiger charge is 2.79. The van der Waals surface area contributed by atoms with Gasteiger partial charge in [-0.25, -0.2) is 14.4 Å². The molecule has 3 saturated heterocycles. The van der Waals surface area contributed by atoms with Crippen molar-refractivity contribution in [3.05, 3.63) is 119 Å². The molecule has 478 valence electrons. The average Bonchev–Trinajstić information content (AvgIpc) is 0.707. The molecule has 2 saturated carbocycles. The highest BCUT2D eigenvalue weighted by Crippen LogP contribution is 2.65. The van der Waals surface area contributed by atoms with Crippen molar-refractivity contribution in [3.63, 3.8) is 0 Å². The van der Waals surface area contributed by atoms with Gasteiger partial charge in [-0.1, -0.05) is 80.6 Å². The van der Waals surface area contributed by atoms with Crippen LogP contribution in [0.1, 0.15) is 86.7 Å². The van der Waals surface area contributed by atoms with Crippen LogP contribution in [0.3, 0.4) is 0 Å². The summed E-state index contributed by atoms with van der Waals surface area (Å²) in [6.45, 7) is 4.17. The molecule has 0 spiro atoms. The Morgan fingerprint density at radius 2 is 1.31 bits per heavy atom. The Kier molecular flexibility index (Phi) is 19.5. The molecular weight excluding hydrogens is 1160 g/mol. The van der Waals surface area contributed by atoms with Gasteiger partial charge in [-0.2, -0.15) is 0 Å². The van der Waals surface area contributed by atoms with E-state index < -0.39 is 213 Å². The number of nitrogens with one attached hydrogen (secondary N) is 1. The second-order valence-corrected chi connectivity index (χ2v) is 23.6. The van der Waals surface area contributed by atoms with Gasteiger partial charge in [0.1, 0.15) is 85.5 Å². The van der Waals surface area contributed by atoms with Crippen LogP contribution in [-0.2, 0) is 71.3 Å². The molecule has 3 aromatic carbocycles. The minimum atomic E-state index is -2.65. The van der Waals surface area contributed by atoms with E-state index >= 15 is 4.79 Å². The lowest BCUT2D eigenvalue weighted by molar-refractivity contribution is -0.360. The molecule has 1 amide bonds. The number of fused-ring (bicyclic) bond motifs is 5. The summed E-state index contributed by atoms with van der Waals surface area (Å²) < 4.78 is 59.5. The second kappa shape index (κ2) is 26.0. The van der Waals surface area contributed by atoms with Gasteiger partial charge in [0.15, 0.2) is 36.2 Å². The number of amides is 1. The first-order valence-electron chi connectivity index (χ1n) is 28.6. The Morgan fingerprint density at radius 1 is 0.716 bits per heavy atom. The van der Waals surface area contributed by atoms with E-state index in [9.17, 15) is 74.7 Å². The number of ketones is 1. The minimum Gasteiger partial charge on any atom is -0.459 e. The molecule has 9 rings (SSSR count). The molecule has 0 aromatic heterocycles. The van der Waals surface area contributed by atoms with Crippen molar-refractivity contribution in [2.45, 2.75) is 170 Å². The summed E-state index contributed by atoms with van der Waals surface area (Å²) in [7, 11) is 0. The average molecular weight is 1240 g/mol. The molecule has 27 heteroatoms. The number of carbonyl (C=O) groups excluding carboxylic acids is 7. The monoisotopic (exact) mass is 1240 g/mol. The predicted octanol–water partition coefficient (Wildman–Crippen LogP) is -1.07. The number of aliphatic hydroxyl groups is 9. The van der Waals surface area contributed by atoms with Gasteiger partial charge in [-0.05, 0) is 54.8 Å². The van der Waals surface area contributed by atoms with Crippen molar-refractivity contribution < 1.29 is 127 Å². The quantitative estimate of drug-likeness (QED) is 0.0412. The number of hydrogen-bond donors (Lipinski definition) is 10. The van der Waals surface area contributed by atoms with Crippen LogP contribution in [0, 0.1) is 16.7 Å². The van der Waals surface area contributed by atoms with E-state index in [1.807, 2.05) is 0 Å². The minimum absolute atomic E-state index is 0.0121. The van der Waals surface area contributed by atoms with Crippen molar-refractivity contribution >= 4 is 41.5 Å². The van der Waals surface area contributed by atoms with E-state index in [1.54, 1.807) is 54.6 Å². The van der Waals surface area contributed by atoms with Gasteiger partial charge in [0.05, 0.1) is 42.8 Å². The Balaban J connectivity index is 1.11. The molecule has 6 aliphatic rings. The zero-order valence-corrected chi connectivity index (χ0v) is 48.8. The van der Waals surface area contributed by atoms with Gasteiger partial charge in [0.25, 0.3) is 5.91 Å². The van der Waals surface area contributed by atoms with Gasteiger partial charge in [0, 0.05) is 37.7 Å². The SMILES string of the molecule is CC(=O)O[C@H]1C(=O)[C@]2(C)[C@@H](OC(=O)CO[C@H]3O[C@H](CO)[C@@H](O)[C@H](O[C@H]4O[C@H](CO)[C@@H](O)[C@H](O)[C@H]4O)[C@H]3O)C[C@H]3OC[C@@]3(OC(C)=O)[C@H]2[C@H](OC(=O)c2ccccc2)[C@]2(O)C[C@H](OC(=O)[C@H](O)[C@@H](NC(=O)c3ccccc3)c3ccccc3)C(C)=C1C2(C)C. The lowest BCUT2D eigenvalue weighted by Gasteiger charge is -2.67. The molecule has 3 aromatic rings. The summed E-state index contributed by atoms with van der Waals surface area (Å²) in [4.78, 5) is 101. The van der Waals surface area contributed by atoms with E-state index in [1.165, 1.54) is 64.1 Å². The summed E-state index contributed by atoms with van der Waals surface area (Å²) in [6, 6.07) is 22.0. The molecule has 27 nitrogen and oxygen atoms in total. The molecule has 3 aliphatic carbocycles. The van der Waals surface area contributed by atoms with Gasteiger partial charge in [-0.3, -0.25) is 19.2 Å². The fraction of sp³-hybridized carbons (Fsp3) is 0.557. The van der Waals surface area contributed by atoms with Crippen molar-refractivity contribution in [3.8, 4) is 0 Å². The fourth-order valence-electron chi connectivity index (χ4n) is 13.4. The number of benzene rings is 3. The van der Waals surface area contributed by atoms with Crippen LogP contribution in [0.15, 0.2) is 102 Å². The molecule has 3 aliphatic heterocycles. The second-order valence-electron chi connectivity index (χ2n) is 23.6. The highest BCUT2D eigenvalue weighted by atomic mass is 16.7. The molecule has 3 heterocycles. The molecule has 0 unspecified atom stereocenters. The summed E-state index contributed by atoms with van der Waals surface area (Å²) in [6.07, 6.45) is -31.0. The molecule has 10 N–H and O–H groups in total. The van der Waals surface area contributed by atoms with Crippen molar-refractivity contribution in [2.75, 3.05) is 26.4 Å². The molecule has 0 radical (unpaired) electrons. The predicted molar refractivity (Wildman–Crippen MR) is 294 cm³/mol. The Morgan fingerprint density at radius 3 is 1.89 bits per heavy atom. The smallest absolute Gasteiger partial charge is 0.338 e. The standard InChI is InChI=1S/C61H73NO26/c1-28-34(82-55(77)44(70)41(31-16-10-7-11-17-31)62-53(75)32-18-12-8-13-19-32)23-61(78)52(87-54(76)33-20-14-9-15-21-33)50-59(6,51(74)48(81-29(2)65)40(28)58(61,4)5)37(22-38-60(50,27-80-38)88-30(3)66)85-39(67)26-79-56-47(73)49(43(69)36(25-64)83-56)86-57-46(72)45(71)42(68)35(24-63)84-57/h7-21,34-38,41-50,52,56-57,63-64,68-73,78H,22-27H2,1-6H3,(H,62,75)/t34-,35+,36+,37-,38+,41-,42+,43+,44+,45-,46+,47+,48+,49-,50-,52-,56-,57+,59+,60-,61+/m0/s1. The number of ether oxygens (including phenoxy) is 10. The first-order chi connectivity index (χ1) is 41.6. The largest absolute Gasteiger partial charge is 0.459 e. The van der Waals surface area contributed by atoms with Crippen LogP contribution < -0.4 is 5.32 Å². The lowest BCUT2D eigenvalue weighted by atomic mass is 9.44. The Bertz CT molecular complexity index is 3090. The molecule has 21 atom stereocenters. The third-order valence-corrected chi connectivity index (χ3v) is 18.0. The van der Waals surface area contributed by atoms with E-state index in [0.29, 0.717) is 0 Å². The summed E-state index contributed by atoms with van der Waals surface area (Å²) in [5.41, 5.74) is -8.79. The van der Waals surface area contributed by atoms with Crippen molar-refractivity contribution in [2.24, 2.45) is 16.7 Å². The van der Waals surface area contributed by atoms with Gasteiger partial charge >= 0.3 is 29.8 Å². The maximum Gasteiger partial charge on any atom is 0.338 e. The van der Waals surface area contributed by atoms with Crippen LogP contribution >= 0.6 is 0 Å². The first-order valence-corrected chi connectivity index (χ1v) is 28.6. The molecule has 88 heavy (non-hydrogen) atoms. The van der Waals surface area contributed by atoms with Crippen LogP contribution in [0.2, 0.25) is 0 Å². The van der Waals surface area contributed by atoms with Crippen molar-refractivity contribution in [1.29, 1.82) is 0 Å². The summed E-state index contributed by atoms with van der Waals surface area (Å²) in [5.74, 6) is -9.36. The number of Topliss-reactive ketones (excluding diaryl/α,β-unsaturated/α-hetero) is 1. The topological polar surface area (TPSA) is 406 Å². The van der Waals surface area contributed by atoms with Crippen LogP contribution in [0.4, 0.5) is 0 Å². The van der Waals surface area contributed by atoms with Gasteiger partial charge < -0.3 is 98.6 Å². The fourth-order valence-corrected chi connectivity index (χ4v) is 13.4. The highest BCUT2D eigenvalue weighted by molar-refractivity contribution is 5.96.